The fraction of sp³-hybridized carbons (Fsp3) is 0.333. The van der Waals surface area contributed by atoms with Crippen LogP contribution in [0.5, 0.6) is 0 Å². The van der Waals surface area contributed by atoms with E-state index in [-0.39, 0.29) is 5.91 Å². The van der Waals surface area contributed by atoms with Gasteiger partial charge in [0, 0.05) is 29.1 Å². The van der Waals surface area contributed by atoms with Crippen molar-refractivity contribution in [1.29, 1.82) is 0 Å². The van der Waals surface area contributed by atoms with Gasteiger partial charge in [-0.25, -0.2) is 0 Å². The van der Waals surface area contributed by atoms with Crippen LogP contribution in [-0.2, 0) is 5.72 Å². The monoisotopic (exact) mass is 296 g/mol. The quantitative estimate of drug-likeness (QED) is 0.880. The Labute approximate surface area is 130 Å². The van der Waals surface area contributed by atoms with E-state index in [0.717, 1.165) is 5.56 Å². The summed E-state index contributed by atoms with van der Waals surface area (Å²) in [6, 6.07) is 9.35. The van der Waals surface area contributed by atoms with Gasteiger partial charge in [-0.1, -0.05) is 29.8 Å². The number of aromatic nitrogens is 1. The fourth-order valence-corrected chi connectivity index (χ4v) is 3.12. The number of amides is 1. The normalized spacial score (nSPS) is 21.1. The van der Waals surface area contributed by atoms with E-state index in [1.54, 1.807) is 12.3 Å². The number of benzene rings is 1. The van der Waals surface area contributed by atoms with Crippen LogP contribution in [0.15, 0.2) is 42.7 Å². The Morgan fingerprint density at radius 3 is 2.36 bits per heavy atom. The van der Waals surface area contributed by atoms with Crippen LogP contribution in [0.25, 0.3) is 0 Å². The molecule has 1 amide bonds. The molecule has 2 heterocycles. The van der Waals surface area contributed by atoms with Crippen molar-refractivity contribution in [2.24, 2.45) is 0 Å². The highest BCUT2D eigenvalue weighted by molar-refractivity contribution is 6.00. The molecule has 0 radical (unpaired) electrons. The largest absolute Gasteiger partial charge is 0.363 e. The van der Waals surface area contributed by atoms with Gasteiger partial charge in [0.1, 0.15) is 0 Å². The molecule has 1 aromatic heterocycles. The molecule has 2 aromatic rings. The highest BCUT2D eigenvalue weighted by atomic mass is 16.3. The minimum absolute atomic E-state index is 0.196. The van der Waals surface area contributed by atoms with Gasteiger partial charge < -0.3 is 5.11 Å². The molecule has 0 saturated heterocycles. The molecule has 0 spiro atoms. The van der Waals surface area contributed by atoms with E-state index >= 15 is 0 Å². The first-order valence-electron chi connectivity index (χ1n) is 7.35. The maximum atomic E-state index is 12.8. The topological polar surface area (TPSA) is 53.4 Å². The lowest BCUT2D eigenvalue weighted by molar-refractivity contribution is -0.0876. The van der Waals surface area contributed by atoms with E-state index < -0.39 is 11.3 Å². The Hall–Kier alpha value is -2.20. The van der Waals surface area contributed by atoms with Gasteiger partial charge in [-0.2, -0.15) is 0 Å². The highest BCUT2D eigenvalue weighted by Crippen LogP contribution is 2.45. The van der Waals surface area contributed by atoms with Gasteiger partial charge in [-0.15, -0.1) is 0 Å². The van der Waals surface area contributed by atoms with Crippen LogP contribution in [0.1, 0.15) is 47.8 Å². The van der Waals surface area contributed by atoms with Crippen LogP contribution in [0.3, 0.4) is 0 Å². The van der Waals surface area contributed by atoms with E-state index in [2.05, 4.69) is 4.98 Å². The van der Waals surface area contributed by atoms with Crippen molar-refractivity contribution in [3.8, 4) is 0 Å². The number of aryl methyl sites for hydroxylation is 1. The third-order valence-corrected chi connectivity index (χ3v) is 4.08. The van der Waals surface area contributed by atoms with Gasteiger partial charge in [0.2, 0.25) is 0 Å². The third kappa shape index (κ3) is 1.95. The van der Waals surface area contributed by atoms with Crippen LogP contribution < -0.4 is 0 Å². The van der Waals surface area contributed by atoms with Crippen LogP contribution in [0.2, 0.25) is 0 Å². The molecule has 22 heavy (non-hydrogen) atoms. The van der Waals surface area contributed by atoms with Crippen LogP contribution >= 0.6 is 0 Å². The van der Waals surface area contributed by atoms with Gasteiger partial charge in [0.25, 0.3) is 5.91 Å². The van der Waals surface area contributed by atoms with Crippen molar-refractivity contribution in [2.45, 2.75) is 39.0 Å². The molecule has 1 atom stereocenters. The molecule has 1 aliphatic rings. The Morgan fingerprint density at radius 1 is 1.14 bits per heavy atom. The Balaban J connectivity index is 2.29. The summed E-state index contributed by atoms with van der Waals surface area (Å²) in [5, 5.41) is 11.5. The first-order valence-corrected chi connectivity index (χ1v) is 7.35. The molecule has 1 N–H and O–H groups in total. The lowest BCUT2D eigenvalue weighted by Gasteiger charge is -2.43. The number of carbonyl (C=O) groups is 1. The van der Waals surface area contributed by atoms with Gasteiger partial charge in [0.15, 0.2) is 5.72 Å². The summed E-state index contributed by atoms with van der Waals surface area (Å²) < 4.78 is 0. The van der Waals surface area contributed by atoms with E-state index in [1.807, 2.05) is 52.0 Å². The Kier molecular flexibility index (Phi) is 3.11. The smallest absolute Gasteiger partial charge is 0.259 e. The van der Waals surface area contributed by atoms with Gasteiger partial charge >= 0.3 is 0 Å². The molecule has 1 aromatic carbocycles. The average Bonchev–Trinajstić information content (AvgIpc) is 2.69. The summed E-state index contributed by atoms with van der Waals surface area (Å²) in [6.45, 7) is 7.75. The van der Waals surface area contributed by atoms with Crippen molar-refractivity contribution in [3.63, 3.8) is 0 Å². The maximum absolute atomic E-state index is 12.8. The van der Waals surface area contributed by atoms with Crippen molar-refractivity contribution >= 4 is 5.91 Å². The molecule has 0 fully saturated rings. The van der Waals surface area contributed by atoms with E-state index in [1.165, 1.54) is 11.1 Å². The summed E-state index contributed by atoms with van der Waals surface area (Å²) >= 11 is 0. The molecule has 114 valence electrons. The van der Waals surface area contributed by atoms with Crippen LogP contribution in [0.4, 0.5) is 0 Å². The van der Waals surface area contributed by atoms with Gasteiger partial charge in [-0.05, 0) is 33.8 Å². The lowest BCUT2D eigenvalue weighted by Crippen LogP contribution is -2.54. The number of carbonyl (C=O) groups excluding carboxylic acids is 1. The number of pyridine rings is 1. The second-order valence-electron chi connectivity index (χ2n) is 6.77. The number of hydrogen-bond donors (Lipinski definition) is 1. The SMILES string of the molecule is Cc1ccc(C2(O)c3ccncc3C(=O)N2C(C)(C)C)cc1. The predicted molar refractivity (Wildman–Crippen MR) is 84.3 cm³/mol. The van der Waals surface area contributed by atoms with Crippen molar-refractivity contribution in [1.82, 2.24) is 9.88 Å². The number of nitrogens with zero attached hydrogens (tertiary/aromatic N) is 2. The van der Waals surface area contributed by atoms with E-state index in [4.69, 9.17) is 0 Å². The molecule has 4 heteroatoms. The summed E-state index contributed by atoms with van der Waals surface area (Å²) in [5.41, 5.74) is 0.837. The summed E-state index contributed by atoms with van der Waals surface area (Å²) in [5.74, 6) is -0.196. The summed E-state index contributed by atoms with van der Waals surface area (Å²) in [4.78, 5) is 18.4. The van der Waals surface area contributed by atoms with Crippen molar-refractivity contribution in [2.75, 3.05) is 0 Å². The second kappa shape index (κ2) is 4.65. The maximum Gasteiger partial charge on any atom is 0.259 e. The zero-order chi connectivity index (χ0) is 16.1. The molecule has 0 bridgehead atoms. The number of rotatable bonds is 1. The van der Waals surface area contributed by atoms with E-state index in [9.17, 15) is 9.90 Å². The molecule has 0 saturated carbocycles. The molecular weight excluding hydrogens is 276 g/mol. The summed E-state index contributed by atoms with van der Waals surface area (Å²) in [6.07, 6.45) is 3.14. The first kappa shape index (κ1) is 14.7. The fourth-order valence-electron chi connectivity index (χ4n) is 3.12. The molecular formula is C18H20N2O2. The first-order chi connectivity index (χ1) is 10.3. The Morgan fingerprint density at radius 2 is 1.77 bits per heavy atom. The molecule has 1 unspecified atom stereocenters. The number of aliphatic hydroxyl groups is 1. The standard InChI is InChI=1S/C18H20N2O2/c1-12-5-7-13(8-6-12)18(22)15-9-10-19-11-14(15)16(21)20(18)17(2,3)4/h5-11,22H,1-4H3. The average molecular weight is 296 g/mol. The number of hydrogen-bond acceptors (Lipinski definition) is 3. The van der Waals surface area contributed by atoms with Crippen molar-refractivity contribution < 1.29 is 9.90 Å². The molecule has 1 aliphatic heterocycles. The minimum Gasteiger partial charge on any atom is -0.363 e. The van der Waals surface area contributed by atoms with Crippen LogP contribution in [-0.4, -0.2) is 26.4 Å². The zero-order valence-corrected chi connectivity index (χ0v) is 13.3. The second-order valence-corrected chi connectivity index (χ2v) is 6.77. The zero-order valence-electron chi connectivity index (χ0n) is 13.3. The van der Waals surface area contributed by atoms with Gasteiger partial charge in [0.05, 0.1) is 5.56 Å². The number of fused-ring (bicyclic) bond motifs is 1. The highest BCUT2D eigenvalue weighted by Gasteiger charge is 2.53. The predicted octanol–water partition coefficient (Wildman–Crippen LogP) is 2.84. The van der Waals surface area contributed by atoms with E-state index in [0.29, 0.717) is 16.7 Å². The van der Waals surface area contributed by atoms with Crippen molar-refractivity contribution in [3.05, 3.63) is 65.0 Å². The molecule has 4 nitrogen and oxygen atoms in total. The lowest BCUT2D eigenvalue weighted by atomic mass is 9.91. The third-order valence-electron chi connectivity index (χ3n) is 4.08. The minimum atomic E-state index is -1.47. The Bertz CT molecular complexity index is 731. The summed E-state index contributed by atoms with van der Waals surface area (Å²) in [7, 11) is 0. The molecule has 3 rings (SSSR count). The van der Waals surface area contributed by atoms with Crippen LogP contribution in [0, 0.1) is 6.92 Å². The molecule has 0 aliphatic carbocycles. The van der Waals surface area contributed by atoms with Gasteiger partial charge in [-0.3, -0.25) is 14.7 Å².